The molecule has 0 heterocycles. The number of unbranched alkanes of at least 4 members (excludes halogenated alkanes) is 5. The predicted molar refractivity (Wildman–Crippen MR) is 65.5 cm³/mol. The average Bonchev–Trinajstić information content (AvgIpc) is 2.19. The molecule has 2 nitrogen and oxygen atoms in total. The topological polar surface area (TPSA) is 29.1 Å². The molecule has 0 saturated carbocycles. The number of carbonyl (C=O) groups excluding carboxylic acids is 1. The number of hydrogen-bond donors (Lipinski definition) is 1. The Kier molecular flexibility index (Phi) is 17.0. The van der Waals surface area contributed by atoms with Crippen LogP contribution in [0.25, 0.3) is 0 Å². The standard InChI is InChI=1S/C10H21NO.C2H6.H2/c1-3-4-5-6-7-8-9-11-10(2)12;1-2;/h3-9H2,1-2H3,(H,11,12);1-2H3;1H. The van der Waals surface area contributed by atoms with Crippen molar-refractivity contribution in [2.24, 2.45) is 0 Å². The van der Waals surface area contributed by atoms with Crippen molar-refractivity contribution >= 4 is 5.91 Å². The van der Waals surface area contributed by atoms with Gasteiger partial charge in [-0.05, 0) is 6.42 Å². The van der Waals surface area contributed by atoms with Crippen LogP contribution in [0.2, 0.25) is 0 Å². The van der Waals surface area contributed by atoms with Crippen LogP contribution in [0.3, 0.4) is 0 Å². The Morgan fingerprint density at radius 1 is 1.07 bits per heavy atom. The lowest BCUT2D eigenvalue weighted by molar-refractivity contribution is -0.118. The highest BCUT2D eigenvalue weighted by Gasteiger charge is 1.91. The molecule has 14 heavy (non-hydrogen) atoms. The summed E-state index contributed by atoms with van der Waals surface area (Å²) in [5.41, 5.74) is 0. The summed E-state index contributed by atoms with van der Waals surface area (Å²) in [4.78, 5) is 10.5. The molecule has 0 aliphatic carbocycles. The molecule has 1 N–H and O–H groups in total. The Morgan fingerprint density at radius 3 is 2.07 bits per heavy atom. The van der Waals surface area contributed by atoms with Gasteiger partial charge in [-0.2, -0.15) is 0 Å². The molecule has 0 aliphatic heterocycles. The summed E-state index contributed by atoms with van der Waals surface area (Å²) in [5, 5.41) is 2.80. The number of amides is 1. The quantitative estimate of drug-likeness (QED) is 0.627. The Labute approximate surface area is 91.0 Å². The maximum atomic E-state index is 10.5. The van der Waals surface area contributed by atoms with E-state index < -0.39 is 0 Å². The van der Waals surface area contributed by atoms with Crippen LogP contribution in [0, 0.1) is 0 Å². The van der Waals surface area contributed by atoms with Crippen molar-refractivity contribution in [3.05, 3.63) is 0 Å². The fourth-order valence-corrected chi connectivity index (χ4v) is 1.17. The molecule has 0 fully saturated rings. The van der Waals surface area contributed by atoms with Crippen molar-refractivity contribution < 1.29 is 6.22 Å². The molecule has 88 valence electrons. The lowest BCUT2D eigenvalue weighted by Crippen LogP contribution is -2.20. The molecule has 0 aliphatic rings. The van der Waals surface area contributed by atoms with E-state index in [9.17, 15) is 4.79 Å². The van der Waals surface area contributed by atoms with Gasteiger partial charge in [0.05, 0.1) is 0 Å². The molecule has 0 bridgehead atoms. The zero-order valence-electron chi connectivity index (χ0n) is 10.4. The van der Waals surface area contributed by atoms with Crippen molar-refractivity contribution in [3.8, 4) is 0 Å². The van der Waals surface area contributed by atoms with E-state index in [1.165, 1.54) is 32.1 Å². The molecule has 0 unspecified atom stereocenters. The number of hydrogen-bond acceptors (Lipinski definition) is 1. The molecule has 1 amide bonds. The van der Waals surface area contributed by atoms with Gasteiger partial charge in [0, 0.05) is 14.9 Å². The first-order valence-electron chi connectivity index (χ1n) is 6.01. The molecule has 0 atom stereocenters. The van der Waals surface area contributed by atoms with E-state index >= 15 is 0 Å². The van der Waals surface area contributed by atoms with Crippen molar-refractivity contribution in [3.63, 3.8) is 0 Å². The highest BCUT2D eigenvalue weighted by Crippen LogP contribution is 2.03. The summed E-state index contributed by atoms with van der Waals surface area (Å²) in [6.07, 6.45) is 7.68. The van der Waals surface area contributed by atoms with Gasteiger partial charge in [0.1, 0.15) is 0 Å². The van der Waals surface area contributed by atoms with E-state index in [0.29, 0.717) is 0 Å². The van der Waals surface area contributed by atoms with E-state index in [-0.39, 0.29) is 7.33 Å². The third kappa shape index (κ3) is 17.5. The van der Waals surface area contributed by atoms with Gasteiger partial charge < -0.3 is 5.32 Å². The van der Waals surface area contributed by atoms with Crippen LogP contribution in [0.15, 0.2) is 0 Å². The molecule has 0 rings (SSSR count). The Bertz CT molecular complexity index is 118. The first kappa shape index (κ1) is 15.9. The third-order valence-electron chi connectivity index (χ3n) is 1.90. The summed E-state index contributed by atoms with van der Waals surface area (Å²) in [7, 11) is 0. The monoisotopic (exact) mass is 203 g/mol. The largest absolute Gasteiger partial charge is 0.356 e. The lowest BCUT2D eigenvalue weighted by atomic mass is 10.1. The maximum absolute atomic E-state index is 10.5. The summed E-state index contributed by atoms with van der Waals surface area (Å²) in [6, 6.07) is 0. The molecule has 0 aromatic carbocycles. The van der Waals surface area contributed by atoms with Crippen LogP contribution in [0.4, 0.5) is 0 Å². The fourth-order valence-electron chi connectivity index (χ4n) is 1.17. The second-order valence-electron chi connectivity index (χ2n) is 3.25. The Morgan fingerprint density at radius 2 is 1.57 bits per heavy atom. The molecule has 0 spiro atoms. The minimum atomic E-state index is 0. The highest BCUT2D eigenvalue weighted by atomic mass is 16.1. The SMILES string of the molecule is CC.CCCCCCCCNC(C)=O.[HH]. The second kappa shape index (κ2) is 15.0. The van der Waals surface area contributed by atoms with Crippen LogP contribution < -0.4 is 5.32 Å². The zero-order chi connectivity index (χ0) is 11.2. The molecule has 0 aromatic heterocycles. The smallest absolute Gasteiger partial charge is 0.216 e. The van der Waals surface area contributed by atoms with Crippen molar-refractivity contribution in [2.45, 2.75) is 66.2 Å². The minimum absolute atomic E-state index is 0. The molecule has 0 radical (unpaired) electrons. The predicted octanol–water partition coefficient (Wildman–Crippen LogP) is 3.76. The number of carbonyl (C=O) groups is 1. The van der Waals surface area contributed by atoms with Crippen molar-refractivity contribution in [1.82, 2.24) is 5.32 Å². The van der Waals surface area contributed by atoms with Gasteiger partial charge in [-0.1, -0.05) is 52.9 Å². The van der Waals surface area contributed by atoms with Gasteiger partial charge >= 0.3 is 0 Å². The van der Waals surface area contributed by atoms with Crippen molar-refractivity contribution in [1.29, 1.82) is 0 Å². The van der Waals surface area contributed by atoms with Gasteiger partial charge in [0.15, 0.2) is 0 Å². The fraction of sp³-hybridized carbons (Fsp3) is 0.917. The number of rotatable bonds is 7. The Balaban J connectivity index is -0.000000449. The van der Waals surface area contributed by atoms with Crippen LogP contribution in [-0.2, 0) is 4.79 Å². The first-order valence-corrected chi connectivity index (χ1v) is 6.01. The first-order chi connectivity index (χ1) is 6.77. The van der Waals surface area contributed by atoms with E-state index in [1.807, 2.05) is 13.8 Å². The van der Waals surface area contributed by atoms with Gasteiger partial charge in [0.2, 0.25) is 5.91 Å². The van der Waals surface area contributed by atoms with Crippen LogP contribution in [0.1, 0.15) is 67.6 Å². The van der Waals surface area contributed by atoms with Crippen LogP contribution in [-0.4, -0.2) is 12.5 Å². The second-order valence-corrected chi connectivity index (χ2v) is 3.25. The lowest BCUT2D eigenvalue weighted by Gasteiger charge is -2.01. The molecular weight excluding hydrogens is 174 g/mol. The summed E-state index contributed by atoms with van der Waals surface area (Å²) in [6.45, 7) is 8.63. The van der Waals surface area contributed by atoms with E-state index in [4.69, 9.17) is 0 Å². The highest BCUT2D eigenvalue weighted by molar-refractivity contribution is 5.72. The summed E-state index contributed by atoms with van der Waals surface area (Å²) < 4.78 is 0. The van der Waals surface area contributed by atoms with Crippen molar-refractivity contribution in [2.75, 3.05) is 6.54 Å². The van der Waals surface area contributed by atoms with Gasteiger partial charge in [0.25, 0.3) is 0 Å². The van der Waals surface area contributed by atoms with Gasteiger partial charge in [-0.3, -0.25) is 4.79 Å². The molecule has 0 saturated heterocycles. The Hall–Kier alpha value is -0.530. The summed E-state index contributed by atoms with van der Waals surface area (Å²) in [5.74, 6) is 0.0866. The average molecular weight is 203 g/mol. The normalized spacial score (nSPS) is 8.86. The third-order valence-corrected chi connectivity index (χ3v) is 1.90. The van der Waals surface area contributed by atoms with Gasteiger partial charge in [-0.15, -0.1) is 0 Å². The van der Waals surface area contributed by atoms with E-state index in [1.54, 1.807) is 6.92 Å². The van der Waals surface area contributed by atoms with Crippen LogP contribution in [0.5, 0.6) is 0 Å². The minimum Gasteiger partial charge on any atom is -0.356 e. The molecule has 0 aromatic rings. The summed E-state index contributed by atoms with van der Waals surface area (Å²) >= 11 is 0. The van der Waals surface area contributed by atoms with Gasteiger partial charge in [-0.25, -0.2) is 0 Å². The van der Waals surface area contributed by atoms with E-state index in [2.05, 4.69) is 12.2 Å². The molecule has 2 heteroatoms. The zero-order valence-corrected chi connectivity index (χ0v) is 10.4. The van der Waals surface area contributed by atoms with Crippen LogP contribution >= 0.6 is 0 Å². The molecular formula is C12H29NO. The number of nitrogens with one attached hydrogen (secondary N) is 1. The van der Waals surface area contributed by atoms with E-state index in [0.717, 1.165) is 13.0 Å². The maximum Gasteiger partial charge on any atom is 0.216 e.